The van der Waals surface area contributed by atoms with Crippen molar-refractivity contribution in [3.8, 4) is 0 Å². The number of nitrogens with zero attached hydrogens (tertiary/aromatic N) is 1. The first-order valence-electron chi connectivity index (χ1n) is 6.49. The maximum Gasteiger partial charge on any atom is 0.0688 e. The van der Waals surface area contributed by atoms with Crippen LogP contribution in [0.4, 0.5) is 17.1 Å². The topological polar surface area (TPSA) is 29.3 Å². The summed E-state index contributed by atoms with van der Waals surface area (Å²) in [4.78, 5) is 2.12. The van der Waals surface area contributed by atoms with Gasteiger partial charge in [-0.15, -0.1) is 0 Å². The van der Waals surface area contributed by atoms with E-state index in [0.717, 1.165) is 22.8 Å². The molecule has 2 heteroatoms. The Balaban J connectivity index is 2.53. The van der Waals surface area contributed by atoms with Crippen molar-refractivity contribution in [2.24, 2.45) is 5.92 Å². The Morgan fingerprint density at radius 2 is 1.58 bits per heavy atom. The molecule has 0 aliphatic rings. The largest absolute Gasteiger partial charge is 0.397 e. The van der Waals surface area contributed by atoms with E-state index in [4.69, 9.17) is 5.73 Å². The molecule has 2 N–H and O–H groups in total. The van der Waals surface area contributed by atoms with Crippen LogP contribution in [0.1, 0.15) is 13.8 Å². The van der Waals surface area contributed by atoms with E-state index in [1.807, 2.05) is 42.5 Å². The molecule has 0 atom stereocenters. The van der Waals surface area contributed by atoms with Gasteiger partial charge in [-0.05, 0) is 30.2 Å². The third-order valence-electron chi connectivity index (χ3n) is 3.15. The first-order valence-corrected chi connectivity index (χ1v) is 6.49. The van der Waals surface area contributed by atoms with Crippen LogP contribution in [-0.4, -0.2) is 0 Å². The summed E-state index contributed by atoms with van der Waals surface area (Å²) in [7, 11) is 0. The van der Waals surface area contributed by atoms with Gasteiger partial charge in [0, 0.05) is 11.4 Å². The van der Waals surface area contributed by atoms with E-state index >= 15 is 0 Å². The van der Waals surface area contributed by atoms with Crippen molar-refractivity contribution in [1.29, 1.82) is 0 Å². The molecule has 0 saturated heterocycles. The Morgan fingerprint density at radius 1 is 1.00 bits per heavy atom. The summed E-state index contributed by atoms with van der Waals surface area (Å²) >= 11 is 0. The number of anilines is 3. The molecule has 0 aromatic heterocycles. The Bertz CT molecular complexity index is 558. The first-order chi connectivity index (χ1) is 9.11. The van der Waals surface area contributed by atoms with Gasteiger partial charge in [0.15, 0.2) is 0 Å². The summed E-state index contributed by atoms with van der Waals surface area (Å²) in [6, 6.07) is 18.1. The second kappa shape index (κ2) is 5.61. The lowest BCUT2D eigenvalue weighted by Gasteiger charge is -2.30. The van der Waals surface area contributed by atoms with Crippen LogP contribution in [0.15, 0.2) is 66.9 Å². The van der Waals surface area contributed by atoms with Crippen molar-refractivity contribution in [1.82, 2.24) is 0 Å². The summed E-state index contributed by atoms with van der Waals surface area (Å²) in [5.41, 5.74) is 9.96. The van der Waals surface area contributed by atoms with E-state index in [1.54, 1.807) is 0 Å². The monoisotopic (exact) mass is 252 g/mol. The Morgan fingerprint density at radius 3 is 2.16 bits per heavy atom. The fourth-order valence-electron chi connectivity index (χ4n) is 1.99. The van der Waals surface area contributed by atoms with Crippen LogP contribution in [0.2, 0.25) is 0 Å². The highest BCUT2D eigenvalue weighted by Crippen LogP contribution is 2.35. The Labute approximate surface area is 115 Å². The van der Waals surface area contributed by atoms with Crippen LogP contribution >= 0.6 is 0 Å². The molecular weight excluding hydrogens is 232 g/mol. The van der Waals surface area contributed by atoms with Gasteiger partial charge >= 0.3 is 0 Å². The van der Waals surface area contributed by atoms with E-state index in [0.29, 0.717) is 5.92 Å². The van der Waals surface area contributed by atoms with Crippen LogP contribution < -0.4 is 10.6 Å². The number of allylic oxidation sites excluding steroid dienone is 1. The molecule has 0 heterocycles. The molecule has 0 saturated carbocycles. The molecule has 0 unspecified atom stereocenters. The zero-order valence-corrected chi connectivity index (χ0v) is 11.5. The van der Waals surface area contributed by atoms with Gasteiger partial charge in [0.2, 0.25) is 0 Å². The number of hydrogen-bond donors (Lipinski definition) is 1. The number of nitrogens with two attached hydrogens (primary N) is 1. The standard InChI is InChI=1S/C17H20N2/c1-13(2)14(3)19(15-9-5-4-6-10-15)17-12-8-7-11-16(17)18/h4-13H,3,18H2,1-2H3. The van der Waals surface area contributed by atoms with E-state index in [-0.39, 0.29) is 0 Å². The van der Waals surface area contributed by atoms with Crippen LogP contribution in [-0.2, 0) is 0 Å². The zero-order valence-electron chi connectivity index (χ0n) is 11.5. The first kappa shape index (κ1) is 13.2. The molecule has 0 bridgehead atoms. The fourth-order valence-corrected chi connectivity index (χ4v) is 1.99. The molecule has 2 rings (SSSR count). The zero-order chi connectivity index (χ0) is 13.8. The molecule has 98 valence electrons. The second-order valence-corrected chi connectivity index (χ2v) is 4.88. The van der Waals surface area contributed by atoms with Crippen molar-refractivity contribution >= 4 is 17.1 Å². The molecule has 0 spiro atoms. The highest BCUT2D eigenvalue weighted by molar-refractivity contribution is 5.77. The van der Waals surface area contributed by atoms with Gasteiger partial charge in [-0.1, -0.05) is 50.8 Å². The Kier molecular flexibility index (Phi) is 3.91. The lowest BCUT2D eigenvalue weighted by Crippen LogP contribution is -2.20. The van der Waals surface area contributed by atoms with E-state index in [9.17, 15) is 0 Å². The third-order valence-corrected chi connectivity index (χ3v) is 3.15. The van der Waals surface area contributed by atoms with E-state index < -0.39 is 0 Å². The average Bonchev–Trinajstić information content (AvgIpc) is 2.42. The summed E-state index contributed by atoms with van der Waals surface area (Å²) in [6.07, 6.45) is 0. The van der Waals surface area contributed by atoms with Gasteiger partial charge in [-0.25, -0.2) is 0 Å². The minimum absolute atomic E-state index is 0.347. The number of nitrogen functional groups attached to an aromatic ring is 1. The number of para-hydroxylation sites is 3. The minimum atomic E-state index is 0.347. The molecule has 0 aliphatic carbocycles. The van der Waals surface area contributed by atoms with Gasteiger partial charge in [-0.2, -0.15) is 0 Å². The summed E-state index contributed by atoms with van der Waals surface area (Å²) in [5.74, 6) is 0.347. The van der Waals surface area contributed by atoms with Gasteiger partial charge in [0.05, 0.1) is 11.4 Å². The minimum Gasteiger partial charge on any atom is -0.397 e. The second-order valence-electron chi connectivity index (χ2n) is 4.88. The SMILES string of the molecule is C=C(C(C)C)N(c1ccccc1)c1ccccc1N. The van der Waals surface area contributed by atoms with Crippen molar-refractivity contribution in [3.05, 3.63) is 66.9 Å². The van der Waals surface area contributed by atoms with Crippen LogP contribution in [0.25, 0.3) is 0 Å². The Hall–Kier alpha value is -2.22. The van der Waals surface area contributed by atoms with Gasteiger partial charge in [-0.3, -0.25) is 0 Å². The predicted molar refractivity (Wildman–Crippen MR) is 83.4 cm³/mol. The smallest absolute Gasteiger partial charge is 0.0688 e. The summed E-state index contributed by atoms with van der Waals surface area (Å²) in [5, 5.41) is 0. The van der Waals surface area contributed by atoms with Crippen LogP contribution in [0.5, 0.6) is 0 Å². The molecule has 0 aliphatic heterocycles. The number of rotatable bonds is 4. The van der Waals surface area contributed by atoms with Crippen LogP contribution in [0.3, 0.4) is 0 Å². The molecule has 0 radical (unpaired) electrons. The molecule has 2 nitrogen and oxygen atoms in total. The van der Waals surface area contributed by atoms with E-state index in [1.165, 1.54) is 0 Å². The highest BCUT2D eigenvalue weighted by Gasteiger charge is 2.17. The normalized spacial score (nSPS) is 10.5. The quantitative estimate of drug-likeness (QED) is 0.807. The summed E-state index contributed by atoms with van der Waals surface area (Å²) < 4.78 is 0. The lowest BCUT2D eigenvalue weighted by atomic mass is 10.1. The van der Waals surface area contributed by atoms with Crippen molar-refractivity contribution < 1.29 is 0 Å². The maximum absolute atomic E-state index is 6.11. The van der Waals surface area contributed by atoms with Crippen molar-refractivity contribution in [2.75, 3.05) is 10.6 Å². The molecule has 0 fully saturated rings. The molecular formula is C17H20N2. The third kappa shape index (κ3) is 2.79. The van der Waals surface area contributed by atoms with Gasteiger partial charge in [0.1, 0.15) is 0 Å². The molecule has 19 heavy (non-hydrogen) atoms. The summed E-state index contributed by atoms with van der Waals surface area (Å²) in [6.45, 7) is 8.49. The number of benzene rings is 2. The molecule has 2 aromatic carbocycles. The van der Waals surface area contributed by atoms with Gasteiger partial charge < -0.3 is 10.6 Å². The van der Waals surface area contributed by atoms with E-state index in [2.05, 4.69) is 37.5 Å². The fraction of sp³-hybridized carbons (Fsp3) is 0.176. The lowest BCUT2D eigenvalue weighted by molar-refractivity contribution is 0.750. The van der Waals surface area contributed by atoms with Crippen molar-refractivity contribution in [3.63, 3.8) is 0 Å². The maximum atomic E-state index is 6.11. The van der Waals surface area contributed by atoms with Gasteiger partial charge in [0.25, 0.3) is 0 Å². The average molecular weight is 252 g/mol. The highest BCUT2D eigenvalue weighted by atomic mass is 15.2. The molecule has 2 aromatic rings. The molecule has 0 amide bonds. The number of hydrogen-bond acceptors (Lipinski definition) is 2. The predicted octanol–water partition coefficient (Wildman–Crippen LogP) is 4.58. The van der Waals surface area contributed by atoms with Crippen LogP contribution in [0, 0.1) is 5.92 Å². The van der Waals surface area contributed by atoms with Crippen molar-refractivity contribution in [2.45, 2.75) is 13.8 Å².